The van der Waals surface area contributed by atoms with E-state index in [1.54, 1.807) is 12.1 Å². The summed E-state index contributed by atoms with van der Waals surface area (Å²) < 4.78 is 5.13. The predicted octanol–water partition coefficient (Wildman–Crippen LogP) is 3.59. The molecule has 0 heterocycles. The van der Waals surface area contributed by atoms with E-state index in [1.807, 2.05) is 24.3 Å². The van der Waals surface area contributed by atoms with Crippen molar-refractivity contribution in [3.05, 3.63) is 47.5 Å². The molecule has 0 N–H and O–H groups in total. The molecule has 0 aliphatic carbocycles. The van der Waals surface area contributed by atoms with Gasteiger partial charge < -0.3 is 4.74 Å². The summed E-state index contributed by atoms with van der Waals surface area (Å²) in [6, 6.07) is 9.04. The van der Waals surface area contributed by atoms with Crippen molar-refractivity contribution in [1.29, 1.82) is 0 Å². The van der Waals surface area contributed by atoms with Crippen molar-refractivity contribution in [2.75, 3.05) is 6.61 Å². The Morgan fingerprint density at radius 1 is 1.31 bits per heavy atom. The maximum absolute atomic E-state index is 11.5. The molecule has 0 saturated heterocycles. The molecule has 0 spiro atoms. The smallest absolute Gasteiger partial charge is 0.338 e. The van der Waals surface area contributed by atoms with Gasteiger partial charge in [-0.2, -0.15) is 0 Å². The van der Waals surface area contributed by atoms with E-state index >= 15 is 0 Å². The lowest BCUT2D eigenvalue weighted by atomic mass is 10.2. The third-order valence-corrected chi connectivity index (χ3v) is 2.30. The Bertz CT molecular complexity index is 352. The Balaban J connectivity index is 2.39. The van der Waals surface area contributed by atoms with Gasteiger partial charge in [0.25, 0.3) is 0 Å². The van der Waals surface area contributed by atoms with Crippen molar-refractivity contribution in [3.63, 3.8) is 0 Å². The Labute approximate surface area is 96.9 Å². The minimum atomic E-state index is -0.263. The predicted molar refractivity (Wildman–Crippen MR) is 65.4 cm³/mol. The maximum atomic E-state index is 11.5. The number of esters is 1. The Morgan fingerprint density at radius 3 is 2.62 bits per heavy atom. The molecule has 16 heavy (non-hydrogen) atoms. The highest BCUT2D eigenvalue weighted by Crippen LogP contribution is 2.04. The van der Waals surface area contributed by atoms with Crippen LogP contribution >= 0.6 is 0 Å². The summed E-state index contributed by atoms with van der Waals surface area (Å²) in [4.78, 5) is 11.5. The first-order valence-corrected chi connectivity index (χ1v) is 5.62. The molecule has 0 unspecified atom stereocenters. The van der Waals surface area contributed by atoms with Crippen LogP contribution in [0.15, 0.2) is 42.0 Å². The van der Waals surface area contributed by atoms with Crippen LogP contribution in [0.2, 0.25) is 0 Å². The van der Waals surface area contributed by atoms with Crippen LogP contribution in [-0.2, 0) is 4.74 Å². The fourth-order valence-corrected chi connectivity index (χ4v) is 1.41. The maximum Gasteiger partial charge on any atom is 0.338 e. The van der Waals surface area contributed by atoms with Gasteiger partial charge in [-0.3, -0.25) is 0 Å². The molecule has 2 nitrogen and oxygen atoms in total. The number of hydrogen-bond acceptors (Lipinski definition) is 2. The molecule has 0 radical (unpaired) electrons. The van der Waals surface area contributed by atoms with Crippen LogP contribution in [0.5, 0.6) is 0 Å². The van der Waals surface area contributed by atoms with Gasteiger partial charge in [0.15, 0.2) is 0 Å². The number of carbonyl (C=O) groups is 1. The second kappa shape index (κ2) is 6.83. The van der Waals surface area contributed by atoms with Gasteiger partial charge >= 0.3 is 5.97 Å². The average molecular weight is 218 g/mol. The fraction of sp³-hybridized carbons (Fsp3) is 0.357. The molecule has 0 amide bonds. The Kier molecular flexibility index (Phi) is 5.34. The van der Waals surface area contributed by atoms with E-state index in [9.17, 15) is 4.79 Å². The van der Waals surface area contributed by atoms with Gasteiger partial charge in [0.1, 0.15) is 6.61 Å². The molecular weight excluding hydrogens is 200 g/mol. The van der Waals surface area contributed by atoms with E-state index in [0.717, 1.165) is 12.8 Å². The van der Waals surface area contributed by atoms with Crippen LogP contribution in [0.25, 0.3) is 0 Å². The zero-order valence-electron chi connectivity index (χ0n) is 9.90. The zero-order valence-corrected chi connectivity index (χ0v) is 9.90. The minimum Gasteiger partial charge on any atom is -0.458 e. The van der Waals surface area contributed by atoms with E-state index in [-0.39, 0.29) is 5.97 Å². The molecule has 0 bridgehead atoms. The number of ether oxygens (including phenoxy) is 1. The second-order valence-electron chi connectivity index (χ2n) is 3.76. The molecule has 1 aromatic carbocycles. The molecule has 0 aliphatic heterocycles. The van der Waals surface area contributed by atoms with E-state index < -0.39 is 0 Å². The third kappa shape index (κ3) is 4.30. The lowest BCUT2D eigenvalue weighted by molar-refractivity contribution is 0.0549. The number of hydrogen-bond donors (Lipinski definition) is 0. The molecule has 0 atom stereocenters. The van der Waals surface area contributed by atoms with Crippen LogP contribution in [0, 0.1) is 0 Å². The summed E-state index contributed by atoms with van der Waals surface area (Å²) in [5.41, 5.74) is 1.87. The van der Waals surface area contributed by atoms with E-state index in [1.165, 1.54) is 5.57 Å². The van der Waals surface area contributed by atoms with Crippen molar-refractivity contribution in [1.82, 2.24) is 0 Å². The lowest BCUT2D eigenvalue weighted by Gasteiger charge is -2.02. The highest BCUT2D eigenvalue weighted by molar-refractivity contribution is 5.89. The first-order chi connectivity index (χ1) is 7.74. The molecule has 0 saturated carbocycles. The van der Waals surface area contributed by atoms with Crippen molar-refractivity contribution in [2.24, 2.45) is 0 Å². The van der Waals surface area contributed by atoms with Gasteiger partial charge in [-0.1, -0.05) is 37.1 Å². The highest BCUT2D eigenvalue weighted by Gasteiger charge is 2.03. The SMILES string of the molecule is CCCC(C)=CCOC(=O)c1ccccc1. The average Bonchev–Trinajstić information content (AvgIpc) is 2.30. The number of benzene rings is 1. The summed E-state index contributed by atoms with van der Waals surface area (Å²) in [7, 11) is 0. The summed E-state index contributed by atoms with van der Waals surface area (Å²) in [6.07, 6.45) is 4.14. The largest absolute Gasteiger partial charge is 0.458 e. The van der Waals surface area contributed by atoms with E-state index in [2.05, 4.69) is 13.8 Å². The van der Waals surface area contributed by atoms with E-state index in [4.69, 9.17) is 4.74 Å². The number of rotatable bonds is 5. The Hall–Kier alpha value is -1.57. The first-order valence-electron chi connectivity index (χ1n) is 5.62. The van der Waals surface area contributed by atoms with Gasteiger partial charge in [-0.25, -0.2) is 4.79 Å². The molecular formula is C14H18O2. The zero-order chi connectivity index (χ0) is 11.8. The molecule has 1 aromatic rings. The van der Waals surface area contributed by atoms with Gasteiger partial charge in [0.05, 0.1) is 5.56 Å². The number of allylic oxidation sites excluding steroid dienone is 1. The molecule has 86 valence electrons. The molecule has 0 aliphatic rings. The quantitative estimate of drug-likeness (QED) is 0.557. The van der Waals surface area contributed by atoms with E-state index in [0.29, 0.717) is 12.2 Å². The minimum absolute atomic E-state index is 0.263. The summed E-state index contributed by atoms with van der Waals surface area (Å²) in [5.74, 6) is -0.263. The molecule has 2 heteroatoms. The van der Waals surface area contributed by atoms with Crippen LogP contribution < -0.4 is 0 Å². The van der Waals surface area contributed by atoms with Crippen molar-refractivity contribution < 1.29 is 9.53 Å². The molecule has 0 aromatic heterocycles. The number of carbonyl (C=O) groups excluding carboxylic acids is 1. The highest BCUT2D eigenvalue weighted by atomic mass is 16.5. The second-order valence-corrected chi connectivity index (χ2v) is 3.76. The van der Waals surface area contributed by atoms with Crippen LogP contribution in [-0.4, -0.2) is 12.6 Å². The first kappa shape index (κ1) is 12.5. The standard InChI is InChI=1S/C14H18O2/c1-3-7-12(2)10-11-16-14(15)13-8-5-4-6-9-13/h4-6,8-10H,3,7,11H2,1-2H3. The van der Waals surface area contributed by atoms with Gasteiger partial charge in [-0.15, -0.1) is 0 Å². The monoisotopic (exact) mass is 218 g/mol. The Morgan fingerprint density at radius 2 is 2.00 bits per heavy atom. The van der Waals surface area contributed by atoms with Crippen LogP contribution in [0.1, 0.15) is 37.0 Å². The van der Waals surface area contributed by atoms with Crippen molar-refractivity contribution in [3.8, 4) is 0 Å². The summed E-state index contributed by atoms with van der Waals surface area (Å²) >= 11 is 0. The van der Waals surface area contributed by atoms with Gasteiger partial charge in [-0.05, 0) is 31.6 Å². The van der Waals surface area contributed by atoms with Crippen molar-refractivity contribution >= 4 is 5.97 Å². The third-order valence-electron chi connectivity index (χ3n) is 2.30. The van der Waals surface area contributed by atoms with Crippen LogP contribution in [0.3, 0.4) is 0 Å². The fourth-order valence-electron chi connectivity index (χ4n) is 1.41. The summed E-state index contributed by atoms with van der Waals surface area (Å²) in [6.45, 7) is 4.55. The van der Waals surface area contributed by atoms with Gasteiger partial charge in [0, 0.05) is 0 Å². The molecule has 0 fully saturated rings. The summed E-state index contributed by atoms with van der Waals surface area (Å²) in [5, 5.41) is 0. The normalized spacial score (nSPS) is 11.2. The van der Waals surface area contributed by atoms with Crippen LogP contribution in [0.4, 0.5) is 0 Å². The van der Waals surface area contributed by atoms with Gasteiger partial charge in [0.2, 0.25) is 0 Å². The van der Waals surface area contributed by atoms with Crippen molar-refractivity contribution in [2.45, 2.75) is 26.7 Å². The lowest BCUT2D eigenvalue weighted by Crippen LogP contribution is -2.04. The topological polar surface area (TPSA) is 26.3 Å². The molecule has 1 rings (SSSR count).